The second kappa shape index (κ2) is 7.34. The molecule has 2 rings (SSSR count). The van der Waals surface area contributed by atoms with Crippen molar-refractivity contribution in [2.45, 2.75) is 32.1 Å². The summed E-state index contributed by atoms with van der Waals surface area (Å²) in [5, 5.41) is 14.3. The first-order chi connectivity index (χ1) is 9.79. The van der Waals surface area contributed by atoms with Gasteiger partial charge in [0.2, 0.25) is 0 Å². The lowest BCUT2D eigenvalue weighted by molar-refractivity contribution is 0.255. The summed E-state index contributed by atoms with van der Waals surface area (Å²) in [6, 6.07) is 8.67. The molecule has 0 saturated heterocycles. The number of allylic oxidation sites excluding steroid dienone is 1. The van der Waals surface area contributed by atoms with E-state index in [2.05, 4.69) is 16.7 Å². The highest BCUT2D eigenvalue weighted by atomic mass is 16.2. The minimum atomic E-state index is -0.320. The molecule has 1 aromatic carbocycles. The lowest BCUT2D eigenvalue weighted by Gasteiger charge is -2.17. The van der Waals surface area contributed by atoms with Gasteiger partial charge in [-0.2, -0.15) is 5.26 Å². The number of anilines is 1. The predicted octanol–water partition coefficient (Wildman–Crippen LogP) is 3.77. The van der Waals surface area contributed by atoms with Crippen molar-refractivity contribution in [1.82, 2.24) is 5.32 Å². The fourth-order valence-electron chi connectivity index (χ4n) is 2.43. The number of amides is 2. The van der Waals surface area contributed by atoms with Crippen LogP contribution in [-0.4, -0.2) is 6.03 Å². The van der Waals surface area contributed by atoms with E-state index in [0.717, 1.165) is 0 Å². The first-order valence-electron chi connectivity index (χ1n) is 7.03. The van der Waals surface area contributed by atoms with Gasteiger partial charge in [0.25, 0.3) is 0 Å². The number of rotatable bonds is 3. The van der Waals surface area contributed by atoms with Gasteiger partial charge in [0.1, 0.15) is 6.07 Å². The van der Waals surface area contributed by atoms with Crippen LogP contribution in [0.4, 0.5) is 10.5 Å². The van der Waals surface area contributed by atoms with Crippen molar-refractivity contribution in [3.05, 3.63) is 42.1 Å². The van der Waals surface area contributed by atoms with Gasteiger partial charge in [0.05, 0.1) is 11.3 Å². The number of carbonyl (C=O) groups excluding carboxylic acids is 1. The summed E-state index contributed by atoms with van der Waals surface area (Å²) in [5.41, 5.74) is 0.984. The van der Waals surface area contributed by atoms with Crippen molar-refractivity contribution in [1.29, 1.82) is 5.26 Å². The van der Waals surface area contributed by atoms with E-state index in [4.69, 9.17) is 5.26 Å². The molecule has 0 radical (unpaired) electrons. The molecular formula is C16H19N3O. The minimum absolute atomic E-state index is 0.320. The van der Waals surface area contributed by atoms with Gasteiger partial charge in [-0.05, 0) is 30.9 Å². The highest BCUT2D eigenvalue weighted by molar-refractivity contribution is 5.91. The molecule has 1 saturated carbocycles. The number of nitrogens with one attached hydrogen (secondary N) is 2. The van der Waals surface area contributed by atoms with Crippen molar-refractivity contribution < 1.29 is 4.79 Å². The summed E-state index contributed by atoms with van der Waals surface area (Å²) in [7, 11) is 0. The molecular weight excluding hydrogens is 250 g/mol. The molecule has 0 unspecified atom stereocenters. The highest BCUT2D eigenvalue weighted by Gasteiger charge is 2.10. The number of benzene rings is 1. The maximum atomic E-state index is 11.7. The van der Waals surface area contributed by atoms with Gasteiger partial charge in [0, 0.05) is 6.20 Å². The third-order valence-electron chi connectivity index (χ3n) is 3.53. The molecule has 2 amide bonds. The van der Waals surface area contributed by atoms with Gasteiger partial charge < -0.3 is 10.6 Å². The number of para-hydroxylation sites is 1. The first kappa shape index (κ1) is 14.1. The summed E-state index contributed by atoms with van der Waals surface area (Å²) in [4.78, 5) is 11.7. The first-order valence-corrected chi connectivity index (χ1v) is 7.03. The minimum Gasteiger partial charge on any atom is -0.315 e. The molecule has 0 spiro atoms. The Morgan fingerprint density at radius 2 is 2.00 bits per heavy atom. The van der Waals surface area contributed by atoms with Crippen molar-refractivity contribution in [2.75, 3.05) is 5.32 Å². The Balaban J connectivity index is 1.83. The summed E-state index contributed by atoms with van der Waals surface area (Å²) in [6.45, 7) is 0. The van der Waals surface area contributed by atoms with Crippen LogP contribution in [0.3, 0.4) is 0 Å². The molecule has 104 valence electrons. The molecule has 1 aliphatic rings. The zero-order valence-electron chi connectivity index (χ0n) is 11.4. The Morgan fingerprint density at radius 3 is 2.75 bits per heavy atom. The number of hydrogen-bond acceptors (Lipinski definition) is 2. The Bertz CT molecular complexity index is 525. The molecule has 20 heavy (non-hydrogen) atoms. The Kier molecular flexibility index (Phi) is 5.19. The lowest BCUT2D eigenvalue weighted by atomic mass is 9.89. The second-order valence-corrected chi connectivity index (χ2v) is 5.01. The van der Waals surface area contributed by atoms with Crippen LogP contribution in [0, 0.1) is 17.2 Å². The quantitative estimate of drug-likeness (QED) is 0.877. The lowest BCUT2D eigenvalue weighted by Crippen LogP contribution is -2.24. The SMILES string of the molecule is N#Cc1ccccc1NC(=O)N/C=C/C1CCCCC1. The molecule has 1 fully saturated rings. The Labute approximate surface area is 119 Å². The maximum Gasteiger partial charge on any atom is 0.323 e. The molecule has 0 aromatic heterocycles. The van der Waals surface area contributed by atoms with E-state index in [9.17, 15) is 4.79 Å². The molecule has 2 N–H and O–H groups in total. The van der Waals surface area contributed by atoms with E-state index < -0.39 is 0 Å². The fourth-order valence-corrected chi connectivity index (χ4v) is 2.43. The standard InChI is InChI=1S/C16H19N3O/c17-12-14-8-4-5-9-15(14)19-16(20)18-11-10-13-6-2-1-3-7-13/h4-5,8-11,13H,1-3,6-7H2,(H2,18,19,20)/b11-10+. The van der Waals surface area contributed by atoms with E-state index in [1.165, 1.54) is 32.1 Å². The van der Waals surface area contributed by atoms with E-state index in [1.54, 1.807) is 30.5 Å². The van der Waals surface area contributed by atoms with Crippen LogP contribution in [0.15, 0.2) is 36.5 Å². The van der Waals surface area contributed by atoms with Gasteiger partial charge in [-0.3, -0.25) is 0 Å². The zero-order valence-corrected chi connectivity index (χ0v) is 11.4. The van der Waals surface area contributed by atoms with Gasteiger partial charge in [-0.25, -0.2) is 4.79 Å². The molecule has 4 nitrogen and oxygen atoms in total. The largest absolute Gasteiger partial charge is 0.323 e. The average Bonchev–Trinajstić information content (AvgIpc) is 2.49. The van der Waals surface area contributed by atoms with Gasteiger partial charge in [-0.1, -0.05) is 37.5 Å². The van der Waals surface area contributed by atoms with Crippen molar-refractivity contribution >= 4 is 11.7 Å². The molecule has 0 bridgehead atoms. The van der Waals surface area contributed by atoms with Crippen LogP contribution in [0.2, 0.25) is 0 Å². The van der Waals surface area contributed by atoms with E-state index in [1.807, 2.05) is 6.07 Å². The van der Waals surface area contributed by atoms with Crippen molar-refractivity contribution in [3.63, 3.8) is 0 Å². The predicted molar refractivity (Wildman–Crippen MR) is 79.0 cm³/mol. The number of carbonyl (C=O) groups is 1. The van der Waals surface area contributed by atoms with E-state index in [0.29, 0.717) is 17.2 Å². The summed E-state index contributed by atoms with van der Waals surface area (Å²) in [5.74, 6) is 0.579. The maximum absolute atomic E-state index is 11.7. The number of hydrogen-bond donors (Lipinski definition) is 2. The Morgan fingerprint density at radius 1 is 1.25 bits per heavy atom. The van der Waals surface area contributed by atoms with Crippen LogP contribution in [-0.2, 0) is 0 Å². The van der Waals surface area contributed by atoms with Gasteiger partial charge in [-0.15, -0.1) is 0 Å². The molecule has 0 atom stereocenters. The van der Waals surface area contributed by atoms with Crippen LogP contribution >= 0.6 is 0 Å². The van der Waals surface area contributed by atoms with Gasteiger partial charge in [0.15, 0.2) is 0 Å². The smallest absolute Gasteiger partial charge is 0.315 e. The summed E-state index contributed by atoms with van der Waals surface area (Å²) < 4.78 is 0. The second-order valence-electron chi connectivity index (χ2n) is 5.01. The monoisotopic (exact) mass is 269 g/mol. The topological polar surface area (TPSA) is 64.9 Å². The summed E-state index contributed by atoms with van der Waals surface area (Å²) in [6.07, 6.45) is 10.1. The number of nitrogens with zero attached hydrogens (tertiary/aromatic N) is 1. The number of urea groups is 1. The fraction of sp³-hybridized carbons (Fsp3) is 0.375. The summed E-state index contributed by atoms with van der Waals surface area (Å²) >= 11 is 0. The normalized spacial score (nSPS) is 15.8. The molecule has 1 aromatic rings. The van der Waals surface area contributed by atoms with E-state index >= 15 is 0 Å². The van der Waals surface area contributed by atoms with Crippen molar-refractivity contribution in [2.24, 2.45) is 5.92 Å². The van der Waals surface area contributed by atoms with Gasteiger partial charge >= 0.3 is 6.03 Å². The van der Waals surface area contributed by atoms with Crippen LogP contribution < -0.4 is 10.6 Å². The zero-order chi connectivity index (χ0) is 14.2. The third kappa shape index (κ3) is 4.13. The highest BCUT2D eigenvalue weighted by Crippen LogP contribution is 2.24. The van der Waals surface area contributed by atoms with Crippen LogP contribution in [0.1, 0.15) is 37.7 Å². The molecule has 1 aliphatic carbocycles. The molecule has 4 heteroatoms. The van der Waals surface area contributed by atoms with Crippen LogP contribution in [0.25, 0.3) is 0 Å². The third-order valence-corrected chi connectivity index (χ3v) is 3.53. The van der Waals surface area contributed by atoms with Crippen LogP contribution in [0.5, 0.6) is 0 Å². The Hall–Kier alpha value is -2.28. The average molecular weight is 269 g/mol. The van der Waals surface area contributed by atoms with E-state index in [-0.39, 0.29) is 6.03 Å². The van der Waals surface area contributed by atoms with Crippen molar-refractivity contribution in [3.8, 4) is 6.07 Å². The number of nitriles is 1. The molecule has 0 heterocycles. The molecule has 0 aliphatic heterocycles.